The molecule has 15 heavy (non-hydrogen) atoms. The van der Waals surface area contributed by atoms with Crippen molar-refractivity contribution < 1.29 is 9.90 Å². The number of hydrogen-bond acceptors (Lipinski definition) is 2. The van der Waals surface area contributed by atoms with Gasteiger partial charge in [0.25, 0.3) is 0 Å². The van der Waals surface area contributed by atoms with E-state index in [2.05, 4.69) is 39.6 Å². The van der Waals surface area contributed by atoms with E-state index in [1.807, 2.05) is 0 Å². The maximum atomic E-state index is 11.0. The van der Waals surface area contributed by atoms with Gasteiger partial charge in [0.15, 0.2) is 0 Å². The summed E-state index contributed by atoms with van der Waals surface area (Å²) in [6.07, 6.45) is 0.999. The van der Waals surface area contributed by atoms with Crippen molar-refractivity contribution in [2.24, 2.45) is 17.3 Å². The minimum absolute atomic E-state index is 0.00362. The molecule has 0 aromatic rings. The van der Waals surface area contributed by atoms with Crippen molar-refractivity contribution in [3.05, 3.63) is 0 Å². The van der Waals surface area contributed by atoms with Crippen LogP contribution >= 0.6 is 0 Å². The van der Waals surface area contributed by atoms with Crippen LogP contribution in [0.4, 0.5) is 0 Å². The second-order valence-electron chi connectivity index (χ2n) is 5.61. The Bertz CT molecular complexity index is 248. The van der Waals surface area contributed by atoms with Crippen molar-refractivity contribution in [3.8, 4) is 0 Å². The van der Waals surface area contributed by atoms with Crippen LogP contribution in [0.3, 0.4) is 0 Å². The largest absolute Gasteiger partial charge is 0.481 e. The minimum atomic E-state index is -0.628. The third-order valence-corrected chi connectivity index (χ3v) is 3.99. The molecule has 0 aromatic carbocycles. The van der Waals surface area contributed by atoms with E-state index in [-0.39, 0.29) is 11.3 Å². The van der Waals surface area contributed by atoms with Gasteiger partial charge in [0.2, 0.25) is 0 Å². The fraction of sp³-hybridized carbons (Fsp3) is 0.917. The zero-order valence-electron chi connectivity index (χ0n) is 10.4. The van der Waals surface area contributed by atoms with E-state index in [1.54, 1.807) is 0 Å². The highest BCUT2D eigenvalue weighted by atomic mass is 16.4. The van der Waals surface area contributed by atoms with E-state index in [4.69, 9.17) is 5.11 Å². The predicted molar refractivity (Wildman–Crippen MR) is 60.8 cm³/mol. The predicted octanol–water partition coefficient (Wildman–Crippen LogP) is 2.07. The monoisotopic (exact) mass is 213 g/mol. The van der Waals surface area contributed by atoms with Crippen molar-refractivity contribution in [2.75, 3.05) is 13.6 Å². The van der Waals surface area contributed by atoms with Crippen LogP contribution in [-0.4, -0.2) is 35.6 Å². The molecule has 0 bridgehead atoms. The lowest BCUT2D eigenvalue weighted by atomic mass is 10.1. The molecule has 0 aliphatic heterocycles. The Morgan fingerprint density at radius 2 is 2.00 bits per heavy atom. The molecule has 3 heteroatoms. The van der Waals surface area contributed by atoms with Gasteiger partial charge in [-0.2, -0.15) is 0 Å². The molecule has 0 aromatic heterocycles. The van der Waals surface area contributed by atoms with Crippen molar-refractivity contribution in [2.45, 2.75) is 40.2 Å². The van der Waals surface area contributed by atoms with E-state index in [0.29, 0.717) is 12.0 Å². The molecule has 0 heterocycles. The van der Waals surface area contributed by atoms with Gasteiger partial charge in [-0.05, 0) is 45.2 Å². The van der Waals surface area contributed by atoms with Crippen LogP contribution in [0.1, 0.15) is 34.1 Å². The van der Waals surface area contributed by atoms with Crippen molar-refractivity contribution >= 4 is 5.97 Å². The summed E-state index contributed by atoms with van der Waals surface area (Å²) in [5, 5.41) is 9.02. The normalized spacial score (nSPS) is 28.5. The van der Waals surface area contributed by atoms with Crippen LogP contribution in [-0.2, 0) is 4.79 Å². The topological polar surface area (TPSA) is 40.5 Å². The first kappa shape index (κ1) is 12.5. The van der Waals surface area contributed by atoms with Crippen LogP contribution in [0.2, 0.25) is 0 Å². The Labute approximate surface area is 92.5 Å². The number of carboxylic acids is 1. The third kappa shape index (κ3) is 2.51. The molecule has 1 fully saturated rings. The molecule has 2 atom stereocenters. The van der Waals surface area contributed by atoms with Crippen LogP contribution in [0, 0.1) is 17.3 Å². The highest BCUT2D eigenvalue weighted by Gasteiger charge is 2.61. The van der Waals surface area contributed by atoms with E-state index in [1.165, 1.54) is 0 Å². The molecule has 0 radical (unpaired) electrons. The summed E-state index contributed by atoms with van der Waals surface area (Å²) in [5.74, 6) is -0.397. The fourth-order valence-electron chi connectivity index (χ4n) is 2.37. The number of nitrogens with zero attached hydrogens (tertiary/aromatic N) is 1. The van der Waals surface area contributed by atoms with Gasteiger partial charge in [0, 0.05) is 6.04 Å². The van der Waals surface area contributed by atoms with Crippen molar-refractivity contribution in [3.63, 3.8) is 0 Å². The lowest BCUT2D eigenvalue weighted by Crippen LogP contribution is -2.27. The van der Waals surface area contributed by atoms with Crippen LogP contribution in [0.25, 0.3) is 0 Å². The average Bonchev–Trinajstić information content (AvgIpc) is 2.63. The Kier molecular flexibility index (Phi) is 3.44. The van der Waals surface area contributed by atoms with Gasteiger partial charge in [-0.25, -0.2) is 0 Å². The zero-order valence-corrected chi connectivity index (χ0v) is 10.4. The number of aliphatic carboxylic acids is 1. The molecule has 0 amide bonds. The molecule has 3 nitrogen and oxygen atoms in total. The molecule has 1 saturated carbocycles. The zero-order chi connectivity index (χ0) is 11.8. The van der Waals surface area contributed by atoms with E-state index in [9.17, 15) is 4.79 Å². The Balaban J connectivity index is 2.39. The average molecular weight is 213 g/mol. The van der Waals surface area contributed by atoms with Gasteiger partial charge in [0.05, 0.1) is 5.92 Å². The van der Waals surface area contributed by atoms with Crippen LogP contribution < -0.4 is 0 Å². The summed E-state index contributed by atoms with van der Waals surface area (Å²) in [5.41, 5.74) is 0.00362. The van der Waals surface area contributed by atoms with Crippen molar-refractivity contribution in [1.82, 2.24) is 4.90 Å². The molecule has 1 rings (SSSR count). The number of hydrogen-bond donors (Lipinski definition) is 1. The Morgan fingerprint density at radius 1 is 1.47 bits per heavy atom. The second kappa shape index (κ2) is 4.12. The van der Waals surface area contributed by atoms with E-state index in [0.717, 1.165) is 13.0 Å². The van der Waals surface area contributed by atoms with Crippen LogP contribution in [0.15, 0.2) is 0 Å². The lowest BCUT2D eigenvalue weighted by Gasteiger charge is -2.20. The first-order valence-electron chi connectivity index (χ1n) is 5.71. The molecule has 0 spiro atoms. The van der Waals surface area contributed by atoms with Gasteiger partial charge in [-0.15, -0.1) is 0 Å². The summed E-state index contributed by atoms with van der Waals surface area (Å²) in [4.78, 5) is 13.2. The van der Waals surface area contributed by atoms with Crippen LogP contribution in [0.5, 0.6) is 0 Å². The number of carboxylic acid groups (broad SMARTS) is 1. The summed E-state index contributed by atoms with van der Waals surface area (Å²) in [6.45, 7) is 9.44. The summed E-state index contributed by atoms with van der Waals surface area (Å²) >= 11 is 0. The molecular weight excluding hydrogens is 190 g/mol. The standard InChI is InChI=1S/C12H23NO2/c1-8(2)13(5)7-6-9-10(11(14)15)12(9,3)4/h8-10H,6-7H2,1-5H3,(H,14,15). The third-order valence-electron chi connectivity index (χ3n) is 3.99. The quantitative estimate of drug-likeness (QED) is 0.760. The lowest BCUT2D eigenvalue weighted by molar-refractivity contribution is -0.139. The fourth-order valence-corrected chi connectivity index (χ4v) is 2.37. The Hall–Kier alpha value is -0.570. The van der Waals surface area contributed by atoms with Gasteiger partial charge in [-0.1, -0.05) is 13.8 Å². The molecule has 88 valence electrons. The summed E-state index contributed by atoms with van der Waals surface area (Å²) < 4.78 is 0. The van der Waals surface area contributed by atoms with Gasteiger partial charge in [-0.3, -0.25) is 4.79 Å². The minimum Gasteiger partial charge on any atom is -0.481 e. The molecule has 2 unspecified atom stereocenters. The summed E-state index contributed by atoms with van der Waals surface area (Å²) in [6, 6.07) is 0.537. The van der Waals surface area contributed by atoms with Crippen molar-refractivity contribution in [1.29, 1.82) is 0 Å². The molecule has 1 aliphatic carbocycles. The summed E-state index contributed by atoms with van der Waals surface area (Å²) in [7, 11) is 2.09. The highest BCUT2D eigenvalue weighted by Crippen LogP contribution is 2.59. The maximum Gasteiger partial charge on any atom is 0.307 e. The number of rotatable bonds is 5. The smallest absolute Gasteiger partial charge is 0.307 e. The maximum absolute atomic E-state index is 11.0. The molecule has 1 N–H and O–H groups in total. The van der Waals surface area contributed by atoms with E-state index >= 15 is 0 Å². The molecule has 0 saturated heterocycles. The highest BCUT2D eigenvalue weighted by molar-refractivity contribution is 5.75. The van der Waals surface area contributed by atoms with Gasteiger partial charge in [0.1, 0.15) is 0 Å². The first-order chi connectivity index (χ1) is 6.78. The Morgan fingerprint density at radius 3 is 2.33 bits per heavy atom. The number of carbonyl (C=O) groups is 1. The SMILES string of the molecule is CC(C)N(C)CCC1C(C(=O)O)C1(C)C. The second-order valence-corrected chi connectivity index (χ2v) is 5.61. The molecular formula is C12H23NO2. The first-order valence-corrected chi connectivity index (χ1v) is 5.71. The van der Waals surface area contributed by atoms with Gasteiger partial charge >= 0.3 is 5.97 Å². The van der Waals surface area contributed by atoms with Gasteiger partial charge < -0.3 is 10.0 Å². The molecule has 1 aliphatic rings. The van der Waals surface area contributed by atoms with E-state index < -0.39 is 5.97 Å².